The number of nitrogens with one attached hydrogen (secondary N) is 2. The van der Waals surface area contributed by atoms with Crippen LogP contribution in [0.15, 0.2) is 70.4 Å². The number of anilines is 1. The summed E-state index contributed by atoms with van der Waals surface area (Å²) in [5, 5.41) is 16.2. The fraction of sp³-hybridized carbons (Fsp3) is 0.148. The van der Waals surface area contributed by atoms with Gasteiger partial charge in [-0.25, -0.2) is 13.2 Å². The molecule has 40 heavy (non-hydrogen) atoms. The van der Waals surface area contributed by atoms with Crippen LogP contribution in [0.25, 0.3) is 21.2 Å². The monoisotopic (exact) mass is 617 g/mol. The first-order valence-electron chi connectivity index (χ1n) is 11.8. The molecule has 206 valence electrons. The number of carbonyl (C=O) groups excluding carboxylic acids is 1. The molecule has 1 atom stereocenters. The van der Waals surface area contributed by atoms with E-state index >= 15 is 0 Å². The Hall–Kier alpha value is -3.64. The number of aromatic nitrogens is 1. The van der Waals surface area contributed by atoms with E-state index in [1.165, 1.54) is 18.2 Å². The van der Waals surface area contributed by atoms with Crippen LogP contribution in [-0.4, -0.2) is 42.1 Å². The van der Waals surface area contributed by atoms with Crippen molar-refractivity contribution in [3.63, 3.8) is 0 Å². The molecule has 1 amide bonds. The smallest absolute Gasteiger partial charge is 0.326 e. The summed E-state index contributed by atoms with van der Waals surface area (Å²) in [4.78, 5) is 25.2. The molecule has 3 aromatic rings. The zero-order chi connectivity index (χ0) is 28.6. The van der Waals surface area contributed by atoms with Gasteiger partial charge in [-0.15, -0.1) is 0 Å². The second kappa shape index (κ2) is 11.1. The third-order valence-electron chi connectivity index (χ3n) is 6.33. The third-order valence-corrected chi connectivity index (χ3v) is 9.11. The number of carboxylic acid groups (broad SMARTS) is 1. The van der Waals surface area contributed by atoms with Gasteiger partial charge in [0.25, 0.3) is 5.91 Å². The lowest BCUT2D eigenvalue weighted by molar-refractivity contribution is -0.139. The molecule has 1 aliphatic carbocycles. The Morgan fingerprint density at radius 3 is 2.70 bits per heavy atom. The summed E-state index contributed by atoms with van der Waals surface area (Å²) in [7, 11) is -3.49. The number of halogens is 2. The van der Waals surface area contributed by atoms with E-state index in [2.05, 4.69) is 15.0 Å². The summed E-state index contributed by atoms with van der Waals surface area (Å²) in [5.41, 5.74) is 3.38. The highest BCUT2D eigenvalue weighted by atomic mass is 35.5. The number of nitrogens with zero attached hydrogens (tertiary/aromatic N) is 1. The number of aliphatic carboxylic acids is 1. The molecule has 5 rings (SSSR count). The van der Waals surface area contributed by atoms with Gasteiger partial charge in [0, 0.05) is 30.2 Å². The first kappa shape index (κ1) is 27.9. The molecule has 13 heteroatoms. The highest BCUT2D eigenvalue weighted by molar-refractivity contribution is 7.90. The van der Waals surface area contributed by atoms with Gasteiger partial charge in [-0.3, -0.25) is 4.79 Å². The normalized spacial score (nSPS) is 12.5. The Morgan fingerprint density at radius 2 is 1.95 bits per heavy atom. The summed E-state index contributed by atoms with van der Waals surface area (Å²) in [6.07, 6.45) is 4.19. The minimum absolute atomic E-state index is 0.0269. The molecule has 0 bridgehead atoms. The van der Waals surface area contributed by atoms with E-state index in [-0.39, 0.29) is 26.9 Å². The van der Waals surface area contributed by atoms with Crippen molar-refractivity contribution >= 4 is 72.4 Å². The van der Waals surface area contributed by atoms with E-state index in [9.17, 15) is 23.1 Å². The number of benzene rings is 2. The minimum atomic E-state index is -3.49. The number of carbonyl (C=O) groups is 2. The number of rotatable bonds is 9. The zero-order valence-corrected chi connectivity index (χ0v) is 23.9. The van der Waals surface area contributed by atoms with Crippen molar-refractivity contribution in [1.82, 2.24) is 9.69 Å². The topological polar surface area (TPSA) is 139 Å². The van der Waals surface area contributed by atoms with Gasteiger partial charge in [0.05, 0.1) is 37.7 Å². The number of carboxylic acids is 1. The summed E-state index contributed by atoms with van der Waals surface area (Å²) >= 11 is 14.2. The van der Waals surface area contributed by atoms with Gasteiger partial charge in [0.1, 0.15) is 11.9 Å². The van der Waals surface area contributed by atoms with Crippen molar-refractivity contribution in [2.45, 2.75) is 23.9 Å². The number of sulfone groups is 1. The van der Waals surface area contributed by atoms with Gasteiger partial charge < -0.3 is 20.2 Å². The maximum Gasteiger partial charge on any atom is 0.326 e. The van der Waals surface area contributed by atoms with E-state index < -0.39 is 27.8 Å². The standard InChI is InChI=1S/C27H21Cl2N3O6S2/c1-40(36,37)17-4-2-3-14(9-17)10-21(27(34)35)31-26(33)22-20(28)11-18-24(23(22)29)39-32-25(18)30-12-16-6-5-15-7-8-38-13-19(15)16/h2-9,11,13,21H,10,12H2,1H3,(H,30,32)(H,31,33)(H,34,35)/t21-/m0/s1. The van der Waals surface area contributed by atoms with Crippen molar-refractivity contribution in [2.75, 3.05) is 11.6 Å². The van der Waals surface area contributed by atoms with Crippen molar-refractivity contribution < 1.29 is 27.5 Å². The van der Waals surface area contributed by atoms with Crippen LogP contribution in [0.2, 0.25) is 10.0 Å². The quantitative estimate of drug-likeness (QED) is 0.190. The Morgan fingerprint density at radius 1 is 1.15 bits per heavy atom. The summed E-state index contributed by atoms with van der Waals surface area (Å²) < 4.78 is 34.0. The maximum atomic E-state index is 13.2. The Balaban J connectivity index is 1.36. The van der Waals surface area contributed by atoms with E-state index in [0.717, 1.165) is 34.5 Å². The minimum Gasteiger partial charge on any atom is -0.480 e. The molecular weight excluding hydrogens is 597 g/mol. The third kappa shape index (κ3) is 5.64. The first-order valence-corrected chi connectivity index (χ1v) is 15.2. The van der Waals surface area contributed by atoms with Crippen LogP contribution in [-0.2, 0) is 27.6 Å². The highest BCUT2D eigenvalue weighted by Crippen LogP contribution is 2.39. The lowest BCUT2D eigenvalue weighted by Crippen LogP contribution is -2.42. The zero-order valence-electron chi connectivity index (χ0n) is 20.8. The molecule has 1 aliphatic heterocycles. The second-order valence-electron chi connectivity index (χ2n) is 9.08. The van der Waals surface area contributed by atoms with Crippen molar-refractivity contribution in [2.24, 2.45) is 0 Å². The first-order chi connectivity index (χ1) is 19.0. The summed E-state index contributed by atoms with van der Waals surface area (Å²) in [6.45, 7) is 0.458. The molecular formula is C27H21Cl2N3O6S2. The van der Waals surface area contributed by atoms with Gasteiger partial charge in [0.15, 0.2) is 9.84 Å². The molecule has 0 saturated heterocycles. The lowest BCUT2D eigenvalue weighted by atomic mass is 10.1. The maximum absolute atomic E-state index is 13.2. The van der Waals surface area contributed by atoms with Crippen molar-refractivity contribution in [1.29, 1.82) is 0 Å². The predicted molar refractivity (Wildman–Crippen MR) is 154 cm³/mol. The molecule has 0 fully saturated rings. The van der Waals surface area contributed by atoms with Crippen LogP contribution in [0.1, 0.15) is 21.5 Å². The van der Waals surface area contributed by atoms with Crippen LogP contribution in [0.5, 0.6) is 0 Å². The van der Waals surface area contributed by atoms with E-state index in [1.807, 2.05) is 18.2 Å². The molecule has 2 heterocycles. The highest BCUT2D eigenvalue weighted by Gasteiger charge is 2.26. The number of fused-ring (bicyclic) bond motifs is 2. The van der Waals surface area contributed by atoms with Crippen LogP contribution in [0.4, 0.5) is 5.82 Å². The molecule has 3 N–H and O–H groups in total. The molecule has 0 saturated carbocycles. The van der Waals surface area contributed by atoms with Gasteiger partial charge >= 0.3 is 5.97 Å². The van der Waals surface area contributed by atoms with Crippen LogP contribution in [0.3, 0.4) is 0 Å². The fourth-order valence-corrected chi connectivity index (χ4v) is 6.51. The van der Waals surface area contributed by atoms with Crippen LogP contribution in [0, 0.1) is 0 Å². The Labute approximate surface area is 243 Å². The molecule has 0 unspecified atom stereocenters. The Bertz CT molecular complexity index is 1830. The largest absolute Gasteiger partial charge is 0.480 e. The van der Waals surface area contributed by atoms with Crippen LogP contribution >= 0.6 is 34.7 Å². The van der Waals surface area contributed by atoms with E-state index in [0.29, 0.717) is 28.0 Å². The average molecular weight is 619 g/mol. The molecule has 9 nitrogen and oxygen atoms in total. The SMILES string of the molecule is CS(=O)(=O)c1cccc(C[C@H](NC(=O)c2c(Cl)cc3c(NCc4ccc5ccocc4-5)nsc3c2Cl)C(=O)O)c1. The molecule has 0 radical (unpaired) electrons. The van der Waals surface area contributed by atoms with Gasteiger partial charge in [-0.05, 0) is 52.5 Å². The van der Waals surface area contributed by atoms with E-state index in [1.54, 1.807) is 24.7 Å². The molecule has 1 aromatic heterocycles. The summed E-state index contributed by atoms with van der Waals surface area (Å²) in [5.74, 6) is -1.55. The van der Waals surface area contributed by atoms with Crippen molar-refractivity contribution in [3.05, 3.63) is 87.8 Å². The van der Waals surface area contributed by atoms with Crippen LogP contribution < -0.4 is 10.6 Å². The lowest BCUT2D eigenvalue weighted by Gasteiger charge is -2.16. The molecule has 2 aliphatic rings. The average Bonchev–Trinajstić information content (AvgIpc) is 3.50. The molecule has 0 spiro atoms. The number of hydrogen-bond donors (Lipinski definition) is 3. The predicted octanol–water partition coefficient (Wildman–Crippen LogP) is 5.74. The second-order valence-corrected chi connectivity index (χ2v) is 12.7. The van der Waals surface area contributed by atoms with Crippen molar-refractivity contribution in [3.8, 4) is 11.1 Å². The van der Waals surface area contributed by atoms with Gasteiger partial charge in [-0.2, -0.15) is 4.37 Å². The fourth-order valence-electron chi connectivity index (χ4n) is 4.31. The molecule has 2 aromatic carbocycles. The number of amides is 1. The van der Waals surface area contributed by atoms with Gasteiger partial charge in [-0.1, -0.05) is 47.5 Å². The van der Waals surface area contributed by atoms with Gasteiger partial charge in [0.2, 0.25) is 0 Å². The Kier molecular flexibility index (Phi) is 7.74. The number of hydrogen-bond acceptors (Lipinski definition) is 8. The van der Waals surface area contributed by atoms with E-state index in [4.69, 9.17) is 27.6 Å². The summed E-state index contributed by atoms with van der Waals surface area (Å²) in [6, 6.07) is 11.9.